The molecule has 2 aromatic carbocycles. The minimum atomic E-state index is -4.68. The van der Waals surface area contributed by atoms with E-state index in [4.69, 9.17) is 11.6 Å². The van der Waals surface area contributed by atoms with Crippen molar-refractivity contribution in [3.05, 3.63) is 64.2 Å². The lowest BCUT2D eigenvalue weighted by Crippen LogP contribution is -2.32. The topological polar surface area (TPSA) is 58.2 Å². The van der Waals surface area contributed by atoms with Gasteiger partial charge in [0.05, 0.1) is 11.3 Å². The Morgan fingerprint density at radius 2 is 1.70 bits per heavy atom. The molecule has 144 valence electrons. The van der Waals surface area contributed by atoms with Gasteiger partial charge in [-0.05, 0) is 49.7 Å². The van der Waals surface area contributed by atoms with Gasteiger partial charge in [-0.3, -0.25) is 9.59 Å². The van der Waals surface area contributed by atoms with Crippen molar-refractivity contribution in [2.75, 3.05) is 5.32 Å². The maximum atomic E-state index is 13.1. The number of hydrogen-bond donors (Lipinski definition) is 2. The Labute approximate surface area is 159 Å². The Bertz CT molecular complexity index is 853. The Hall–Kier alpha value is -2.54. The maximum absolute atomic E-state index is 13.1. The van der Waals surface area contributed by atoms with Gasteiger partial charge in [-0.15, -0.1) is 0 Å². The molecule has 0 radical (unpaired) electrons. The Kier molecular flexibility index (Phi) is 6.49. The van der Waals surface area contributed by atoms with Gasteiger partial charge in [0, 0.05) is 22.2 Å². The maximum Gasteiger partial charge on any atom is 0.418 e. The van der Waals surface area contributed by atoms with Gasteiger partial charge in [-0.25, -0.2) is 0 Å². The highest BCUT2D eigenvalue weighted by Crippen LogP contribution is 2.36. The summed E-state index contributed by atoms with van der Waals surface area (Å²) in [6.45, 7) is 3.76. The fourth-order valence-electron chi connectivity index (χ4n) is 2.27. The summed E-state index contributed by atoms with van der Waals surface area (Å²) in [5.41, 5.74) is -1.15. The molecule has 2 rings (SSSR count). The molecule has 0 aliphatic carbocycles. The number of rotatable bonds is 5. The molecule has 27 heavy (non-hydrogen) atoms. The molecule has 2 aromatic rings. The van der Waals surface area contributed by atoms with Crippen LogP contribution in [0.15, 0.2) is 42.5 Å². The van der Waals surface area contributed by atoms with Crippen molar-refractivity contribution in [2.24, 2.45) is 0 Å². The summed E-state index contributed by atoms with van der Waals surface area (Å²) in [6.07, 6.45) is -3.94. The average molecular weight is 399 g/mol. The van der Waals surface area contributed by atoms with Crippen molar-refractivity contribution >= 4 is 29.1 Å². The zero-order chi connectivity index (χ0) is 20.2. The van der Waals surface area contributed by atoms with Crippen LogP contribution in [0.2, 0.25) is 5.02 Å². The van der Waals surface area contributed by atoms with Crippen molar-refractivity contribution in [2.45, 2.75) is 32.5 Å². The third-order valence-corrected chi connectivity index (χ3v) is 4.15. The summed E-state index contributed by atoms with van der Waals surface area (Å²) in [7, 11) is 0. The number of anilines is 1. The summed E-state index contributed by atoms with van der Waals surface area (Å²) < 4.78 is 39.4. The fourth-order valence-corrected chi connectivity index (χ4v) is 2.44. The van der Waals surface area contributed by atoms with Crippen LogP contribution in [0.25, 0.3) is 0 Å². The van der Waals surface area contributed by atoms with Crippen LogP contribution in [0.1, 0.15) is 46.5 Å². The van der Waals surface area contributed by atoms with Crippen LogP contribution < -0.4 is 10.6 Å². The molecule has 0 fully saturated rings. The standard InChI is InChI=1S/C19H18ClF3N2O2/c1-3-11(2)24-17(26)12-5-4-6-13(9-12)18(27)25-16-8-7-14(20)10-15(16)19(21,22)23/h4-11H,3H2,1-2H3,(H,24,26)(H,25,27). The van der Waals surface area contributed by atoms with E-state index in [1.165, 1.54) is 30.3 Å². The lowest BCUT2D eigenvalue weighted by molar-refractivity contribution is -0.136. The van der Waals surface area contributed by atoms with Gasteiger partial charge < -0.3 is 10.6 Å². The number of alkyl halides is 3. The van der Waals surface area contributed by atoms with E-state index in [0.717, 1.165) is 18.6 Å². The first-order chi connectivity index (χ1) is 12.6. The van der Waals surface area contributed by atoms with Gasteiger partial charge >= 0.3 is 6.18 Å². The van der Waals surface area contributed by atoms with E-state index >= 15 is 0 Å². The molecule has 0 heterocycles. The van der Waals surface area contributed by atoms with Crippen molar-refractivity contribution in [3.8, 4) is 0 Å². The smallest absolute Gasteiger partial charge is 0.350 e. The van der Waals surface area contributed by atoms with Crippen molar-refractivity contribution in [1.82, 2.24) is 5.32 Å². The molecule has 1 atom stereocenters. The summed E-state index contributed by atoms with van der Waals surface area (Å²) in [5.74, 6) is -1.12. The lowest BCUT2D eigenvalue weighted by atomic mass is 10.1. The quantitative estimate of drug-likeness (QED) is 0.732. The molecule has 1 unspecified atom stereocenters. The van der Waals surface area contributed by atoms with E-state index in [9.17, 15) is 22.8 Å². The zero-order valence-corrected chi connectivity index (χ0v) is 15.4. The number of hydrogen-bond acceptors (Lipinski definition) is 2. The molecular weight excluding hydrogens is 381 g/mol. The molecule has 0 aromatic heterocycles. The number of carbonyl (C=O) groups excluding carboxylic acids is 2. The largest absolute Gasteiger partial charge is 0.418 e. The Morgan fingerprint density at radius 3 is 2.30 bits per heavy atom. The van der Waals surface area contributed by atoms with Crippen molar-refractivity contribution < 1.29 is 22.8 Å². The summed E-state index contributed by atoms with van der Waals surface area (Å²) in [6, 6.07) is 8.80. The van der Waals surface area contributed by atoms with Gasteiger partial charge in [0.25, 0.3) is 11.8 Å². The molecule has 0 saturated carbocycles. The molecule has 0 aliphatic heterocycles. The van der Waals surface area contributed by atoms with Crippen LogP contribution in [-0.4, -0.2) is 17.9 Å². The summed E-state index contributed by atoms with van der Waals surface area (Å²) in [4.78, 5) is 24.6. The molecular formula is C19H18ClF3N2O2. The SMILES string of the molecule is CCC(C)NC(=O)c1cccc(C(=O)Nc2ccc(Cl)cc2C(F)(F)F)c1. The number of amides is 2. The molecule has 0 saturated heterocycles. The molecule has 0 bridgehead atoms. The van der Waals surface area contributed by atoms with E-state index in [1.54, 1.807) is 0 Å². The second-order valence-electron chi connectivity index (χ2n) is 6.01. The average Bonchev–Trinajstić information content (AvgIpc) is 2.62. The summed E-state index contributed by atoms with van der Waals surface area (Å²) in [5, 5.41) is 4.90. The number of halogens is 4. The van der Waals surface area contributed by atoms with Crippen LogP contribution in [0.3, 0.4) is 0 Å². The van der Waals surface area contributed by atoms with Crippen molar-refractivity contribution in [3.63, 3.8) is 0 Å². The molecule has 0 aliphatic rings. The second kappa shape index (κ2) is 8.43. The Balaban J connectivity index is 2.25. The minimum absolute atomic E-state index is 0.0432. The molecule has 2 amide bonds. The van der Waals surface area contributed by atoms with Gasteiger partial charge in [0.1, 0.15) is 0 Å². The zero-order valence-electron chi connectivity index (χ0n) is 14.7. The number of nitrogens with one attached hydrogen (secondary N) is 2. The number of carbonyl (C=O) groups is 2. The van der Waals surface area contributed by atoms with Gasteiger partial charge in [0.2, 0.25) is 0 Å². The predicted octanol–water partition coefficient (Wildman–Crippen LogP) is 5.14. The number of benzene rings is 2. The normalized spacial score (nSPS) is 12.4. The monoisotopic (exact) mass is 398 g/mol. The second-order valence-corrected chi connectivity index (χ2v) is 6.44. The highest BCUT2D eigenvalue weighted by molar-refractivity contribution is 6.30. The van der Waals surface area contributed by atoms with Crippen LogP contribution in [0, 0.1) is 0 Å². The van der Waals surface area contributed by atoms with E-state index in [-0.39, 0.29) is 28.1 Å². The van der Waals surface area contributed by atoms with Crippen molar-refractivity contribution in [1.29, 1.82) is 0 Å². The van der Waals surface area contributed by atoms with E-state index in [2.05, 4.69) is 10.6 Å². The molecule has 2 N–H and O–H groups in total. The van der Waals surface area contributed by atoms with E-state index < -0.39 is 23.3 Å². The van der Waals surface area contributed by atoms with Gasteiger partial charge in [0.15, 0.2) is 0 Å². The Morgan fingerprint density at radius 1 is 1.07 bits per heavy atom. The van der Waals surface area contributed by atoms with Crippen LogP contribution in [0.4, 0.5) is 18.9 Å². The predicted molar refractivity (Wildman–Crippen MR) is 98.1 cm³/mol. The van der Waals surface area contributed by atoms with Gasteiger partial charge in [-0.1, -0.05) is 24.6 Å². The van der Waals surface area contributed by atoms with Crippen LogP contribution >= 0.6 is 11.6 Å². The van der Waals surface area contributed by atoms with Gasteiger partial charge in [-0.2, -0.15) is 13.2 Å². The minimum Gasteiger partial charge on any atom is -0.350 e. The third kappa shape index (κ3) is 5.47. The lowest BCUT2D eigenvalue weighted by Gasteiger charge is -2.15. The van der Waals surface area contributed by atoms with Crippen LogP contribution in [-0.2, 0) is 6.18 Å². The third-order valence-electron chi connectivity index (χ3n) is 3.91. The highest BCUT2D eigenvalue weighted by atomic mass is 35.5. The van der Waals surface area contributed by atoms with E-state index in [0.29, 0.717) is 0 Å². The summed E-state index contributed by atoms with van der Waals surface area (Å²) >= 11 is 5.63. The first kappa shape index (κ1) is 20.8. The van der Waals surface area contributed by atoms with E-state index in [1.807, 2.05) is 13.8 Å². The molecule has 4 nitrogen and oxygen atoms in total. The van der Waals surface area contributed by atoms with Crippen LogP contribution in [0.5, 0.6) is 0 Å². The first-order valence-electron chi connectivity index (χ1n) is 8.20. The molecule has 0 spiro atoms. The fraction of sp³-hybridized carbons (Fsp3) is 0.263. The first-order valence-corrected chi connectivity index (χ1v) is 8.58. The molecule has 8 heteroatoms. The highest BCUT2D eigenvalue weighted by Gasteiger charge is 2.34.